The van der Waals surface area contributed by atoms with Crippen molar-refractivity contribution in [1.29, 1.82) is 0 Å². The number of carboxylic acid groups (broad SMARTS) is 1. The van der Waals surface area contributed by atoms with Crippen molar-refractivity contribution in [1.82, 2.24) is 9.38 Å². The lowest BCUT2D eigenvalue weighted by Crippen LogP contribution is -2.16. The zero-order chi connectivity index (χ0) is 18.9. The molecule has 0 saturated carbocycles. The van der Waals surface area contributed by atoms with Crippen molar-refractivity contribution in [3.8, 4) is 0 Å². The first-order chi connectivity index (χ1) is 12.3. The molecule has 7 nitrogen and oxygen atoms in total. The fourth-order valence-corrected chi connectivity index (χ4v) is 4.24. The second-order valence-corrected chi connectivity index (χ2v) is 7.84. The van der Waals surface area contributed by atoms with E-state index >= 15 is 0 Å². The number of fused-ring (bicyclic) bond motifs is 1. The Morgan fingerprint density at radius 3 is 2.62 bits per heavy atom. The highest BCUT2D eigenvalue weighted by molar-refractivity contribution is 7.92. The molecule has 136 valence electrons. The molecule has 9 heteroatoms. The third kappa shape index (κ3) is 3.66. The van der Waals surface area contributed by atoms with Crippen LogP contribution in [-0.4, -0.2) is 28.9 Å². The maximum absolute atomic E-state index is 12.7. The van der Waals surface area contributed by atoms with Gasteiger partial charge in [-0.05, 0) is 36.2 Å². The van der Waals surface area contributed by atoms with Crippen LogP contribution in [0.1, 0.15) is 12.5 Å². The maximum atomic E-state index is 12.7. The first-order valence-electron chi connectivity index (χ1n) is 7.75. The number of sulfonamides is 1. The molecule has 1 aromatic carbocycles. The molecular weight excluding hydrogens is 378 g/mol. The quantitative estimate of drug-likeness (QED) is 0.670. The summed E-state index contributed by atoms with van der Waals surface area (Å²) in [4.78, 5) is 15.0. The molecule has 2 N–H and O–H groups in total. The predicted molar refractivity (Wildman–Crippen MR) is 98.0 cm³/mol. The molecule has 0 unspecified atom stereocenters. The summed E-state index contributed by atoms with van der Waals surface area (Å²) in [5.41, 5.74) is 1.57. The highest BCUT2D eigenvalue weighted by Gasteiger charge is 2.24. The average molecular weight is 394 g/mol. The van der Waals surface area contributed by atoms with E-state index < -0.39 is 21.9 Å². The van der Waals surface area contributed by atoms with Crippen LogP contribution in [0.15, 0.2) is 53.7 Å². The van der Waals surface area contributed by atoms with Crippen LogP contribution in [0.2, 0.25) is 5.15 Å². The van der Waals surface area contributed by atoms with Gasteiger partial charge in [-0.2, -0.15) is 8.42 Å². The Morgan fingerprint density at radius 1 is 1.27 bits per heavy atom. The molecule has 0 bridgehead atoms. The zero-order valence-electron chi connectivity index (χ0n) is 13.8. The van der Waals surface area contributed by atoms with Crippen molar-refractivity contribution in [3.05, 3.63) is 59.4 Å². The van der Waals surface area contributed by atoms with Gasteiger partial charge in [-0.3, -0.25) is 13.9 Å². The van der Waals surface area contributed by atoms with Crippen molar-refractivity contribution < 1.29 is 18.3 Å². The van der Waals surface area contributed by atoms with Gasteiger partial charge in [0.05, 0.1) is 5.92 Å². The van der Waals surface area contributed by atoms with Crippen molar-refractivity contribution in [2.24, 2.45) is 5.92 Å². The van der Waals surface area contributed by atoms with Gasteiger partial charge < -0.3 is 5.11 Å². The lowest BCUT2D eigenvalue weighted by molar-refractivity contribution is -0.141. The number of benzene rings is 1. The van der Waals surface area contributed by atoms with Crippen LogP contribution in [0.4, 0.5) is 5.69 Å². The summed E-state index contributed by atoms with van der Waals surface area (Å²) in [7, 11) is -3.95. The topological polar surface area (TPSA) is 101 Å². The Morgan fingerprint density at radius 2 is 1.96 bits per heavy atom. The fourth-order valence-electron chi connectivity index (χ4n) is 2.54. The number of nitrogens with one attached hydrogen (secondary N) is 1. The Balaban J connectivity index is 1.85. The second-order valence-electron chi connectivity index (χ2n) is 5.88. The Kier molecular flexibility index (Phi) is 4.88. The van der Waals surface area contributed by atoms with Crippen LogP contribution < -0.4 is 4.72 Å². The second kappa shape index (κ2) is 6.97. The summed E-state index contributed by atoms with van der Waals surface area (Å²) in [6, 6.07) is 11.6. The zero-order valence-corrected chi connectivity index (χ0v) is 15.3. The van der Waals surface area contributed by atoms with E-state index in [1.54, 1.807) is 55.6 Å². The van der Waals surface area contributed by atoms with Crippen molar-refractivity contribution in [3.63, 3.8) is 0 Å². The molecule has 0 amide bonds. The number of hydrogen-bond acceptors (Lipinski definition) is 4. The van der Waals surface area contributed by atoms with Crippen molar-refractivity contribution in [2.45, 2.75) is 18.4 Å². The molecule has 0 saturated heterocycles. The average Bonchev–Trinajstić information content (AvgIpc) is 2.92. The molecular formula is C17H16ClN3O4S. The highest BCUT2D eigenvalue weighted by atomic mass is 35.5. The smallest absolute Gasteiger partial charge is 0.306 e. The van der Waals surface area contributed by atoms with Gasteiger partial charge in [0, 0.05) is 11.9 Å². The summed E-state index contributed by atoms with van der Waals surface area (Å²) < 4.78 is 29.3. The summed E-state index contributed by atoms with van der Waals surface area (Å²) in [6.45, 7) is 1.62. The monoisotopic (exact) mass is 393 g/mol. The van der Waals surface area contributed by atoms with Gasteiger partial charge in [0.25, 0.3) is 10.0 Å². The third-order valence-corrected chi connectivity index (χ3v) is 5.65. The normalized spacial score (nSPS) is 12.8. The van der Waals surface area contributed by atoms with Crippen LogP contribution in [0.25, 0.3) is 5.65 Å². The van der Waals surface area contributed by atoms with E-state index in [4.69, 9.17) is 16.7 Å². The minimum Gasteiger partial charge on any atom is -0.481 e. The summed E-state index contributed by atoms with van der Waals surface area (Å²) >= 11 is 6.02. The van der Waals surface area contributed by atoms with Crippen LogP contribution in [0.3, 0.4) is 0 Å². The van der Waals surface area contributed by atoms with Gasteiger partial charge in [-0.15, -0.1) is 0 Å². The van der Waals surface area contributed by atoms with Gasteiger partial charge >= 0.3 is 5.97 Å². The van der Waals surface area contributed by atoms with Crippen LogP contribution in [-0.2, 0) is 21.2 Å². The largest absolute Gasteiger partial charge is 0.481 e. The van der Waals surface area contributed by atoms with Crippen molar-refractivity contribution >= 4 is 38.9 Å². The number of rotatable bonds is 6. The van der Waals surface area contributed by atoms with E-state index in [2.05, 4.69) is 9.71 Å². The van der Waals surface area contributed by atoms with Crippen LogP contribution >= 0.6 is 11.6 Å². The molecule has 3 rings (SSSR count). The number of aliphatic carboxylic acids is 1. The standard InChI is InChI=1S/C17H16ClN3O4S/c1-11(17(22)23)10-12-5-7-13(8-6-12)20-26(24,25)16-15(18)19-14-4-2-3-9-21(14)16/h2-9,11,20H,10H2,1H3,(H,22,23)/t11-/m0/s1. The van der Waals surface area contributed by atoms with Gasteiger partial charge in [0.1, 0.15) is 5.65 Å². The van der Waals surface area contributed by atoms with E-state index in [1.807, 2.05) is 0 Å². The van der Waals surface area contributed by atoms with Gasteiger partial charge in [0.2, 0.25) is 0 Å². The first-order valence-corrected chi connectivity index (χ1v) is 9.61. The van der Waals surface area contributed by atoms with Gasteiger partial charge in [-0.1, -0.05) is 36.7 Å². The number of halogens is 1. The van der Waals surface area contributed by atoms with Gasteiger partial charge in [-0.25, -0.2) is 4.98 Å². The predicted octanol–water partition coefficient (Wildman–Crippen LogP) is 3.05. The number of hydrogen-bond donors (Lipinski definition) is 2. The number of anilines is 1. The van der Waals surface area contributed by atoms with Gasteiger partial charge in [0.15, 0.2) is 10.2 Å². The first kappa shape index (κ1) is 18.2. The molecule has 3 aromatic rings. The van der Waals surface area contributed by atoms with E-state index in [-0.39, 0.29) is 10.2 Å². The van der Waals surface area contributed by atoms with Crippen LogP contribution in [0, 0.1) is 5.92 Å². The van der Waals surface area contributed by atoms with E-state index in [0.717, 1.165) is 5.56 Å². The molecule has 0 fully saturated rings. The lowest BCUT2D eigenvalue weighted by Gasteiger charge is -2.10. The number of carbonyl (C=O) groups is 1. The molecule has 0 radical (unpaired) electrons. The molecule has 26 heavy (non-hydrogen) atoms. The summed E-state index contributed by atoms with van der Waals surface area (Å²) in [5, 5.41) is 8.70. The SMILES string of the molecule is C[C@@H](Cc1ccc(NS(=O)(=O)c2c(Cl)nc3ccccn23)cc1)C(=O)O. The number of pyridine rings is 1. The van der Waals surface area contributed by atoms with E-state index in [0.29, 0.717) is 17.8 Å². The Labute approximate surface area is 155 Å². The summed E-state index contributed by atoms with van der Waals surface area (Å²) in [6.07, 6.45) is 1.93. The molecule has 2 aromatic heterocycles. The minimum atomic E-state index is -3.95. The minimum absolute atomic E-state index is 0.115. The van der Waals surface area contributed by atoms with Crippen LogP contribution in [0.5, 0.6) is 0 Å². The molecule has 0 aliphatic carbocycles. The number of imidazole rings is 1. The number of carboxylic acids is 1. The molecule has 2 heterocycles. The maximum Gasteiger partial charge on any atom is 0.306 e. The third-order valence-electron chi connectivity index (χ3n) is 3.87. The van der Waals surface area contributed by atoms with E-state index in [9.17, 15) is 13.2 Å². The van der Waals surface area contributed by atoms with Crippen molar-refractivity contribution in [2.75, 3.05) is 4.72 Å². The molecule has 0 aliphatic heterocycles. The molecule has 0 aliphatic rings. The van der Waals surface area contributed by atoms with E-state index in [1.165, 1.54) is 4.40 Å². The summed E-state index contributed by atoms with van der Waals surface area (Å²) in [5.74, 6) is -1.40. The lowest BCUT2D eigenvalue weighted by atomic mass is 10.0. The Bertz CT molecular complexity index is 1060. The number of aromatic nitrogens is 2. The fraction of sp³-hybridized carbons (Fsp3) is 0.176. The Hall–Kier alpha value is -2.58. The molecule has 0 spiro atoms. The molecule has 1 atom stereocenters. The highest BCUT2D eigenvalue weighted by Crippen LogP contribution is 2.25. The number of nitrogens with zero attached hydrogens (tertiary/aromatic N) is 2.